The van der Waals surface area contributed by atoms with Crippen LogP contribution >= 0.6 is 24.4 Å². The van der Waals surface area contributed by atoms with Crippen LogP contribution in [0.3, 0.4) is 0 Å². The summed E-state index contributed by atoms with van der Waals surface area (Å²) in [6.07, 6.45) is 18.3. The predicted octanol–water partition coefficient (Wildman–Crippen LogP) is 3.01. The summed E-state index contributed by atoms with van der Waals surface area (Å²) in [6.45, 7) is 0.930. The van der Waals surface area contributed by atoms with E-state index in [4.69, 9.17) is 24.4 Å². The van der Waals surface area contributed by atoms with Crippen LogP contribution in [0.5, 0.6) is 0 Å². The molecular formula is C22H32N4S2. The summed E-state index contributed by atoms with van der Waals surface area (Å²) in [5.74, 6) is 3.48. The third kappa shape index (κ3) is 3.95. The number of fused-ring (bicyclic) bond motifs is 4. The van der Waals surface area contributed by atoms with Crippen LogP contribution in [-0.4, -0.2) is 34.9 Å². The molecule has 0 saturated heterocycles. The molecule has 6 heteroatoms. The van der Waals surface area contributed by atoms with E-state index in [9.17, 15) is 0 Å². The fraction of sp³-hybridized carbons (Fsp3) is 0.727. The maximum atomic E-state index is 5.65. The molecule has 5 aliphatic rings. The third-order valence-corrected chi connectivity index (χ3v) is 8.19. The van der Waals surface area contributed by atoms with Gasteiger partial charge in [0.05, 0.1) is 0 Å². The Morgan fingerprint density at radius 2 is 1.32 bits per heavy atom. The van der Waals surface area contributed by atoms with E-state index in [1.54, 1.807) is 0 Å². The minimum absolute atomic E-state index is 0.454. The zero-order chi connectivity index (χ0) is 19.1. The molecule has 5 aliphatic carbocycles. The van der Waals surface area contributed by atoms with Gasteiger partial charge in [-0.05, 0) is 92.6 Å². The van der Waals surface area contributed by atoms with Crippen LogP contribution in [0.1, 0.15) is 44.9 Å². The van der Waals surface area contributed by atoms with Gasteiger partial charge in [-0.2, -0.15) is 0 Å². The number of nitrogens with one attached hydrogen (secondary N) is 4. The lowest BCUT2D eigenvalue weighted by Crippen LogP contribution is -2.50. The zero-order valence-electron chi connectivity index (χ0n) is 16.4. The van der Waals surface area contributed by atoms with E-state index >= 15 is 0 Å². The molecule has 0 aromatic rings. The van der Waals surface area contributed by atoms with Gasteiger partial charge in [-0.3, -0.25) is 0 Å². The van der Waals surface area contributed by atoms with E-state index in [-0.39, 0.29) is 0 Å². The zero-order valence-corrected chi connectivity index (χ0v) is 18.0. The first-order valence-corrected chi connectivity index (χ1v) is 11.9. The topological polar surface area (TPSA) is 48.1 Å². The normalized spacial score (nSPS) is 42.1. The van der Waals surface area contributed by atoms with Gasteiger partial charge >= 0.3 is 0 Å². The van der Waals surface area contributed by atoms with Crippen molar-refractivity contribution >= 4 is 34.7 Å². The fourth-order valence-electron chi connectivity index (χ4n) is 6.19. The Hall–Kier alpha value is -1.14. The number of allylic oxidation sites excluding steroid dienone is 2. The molecule has 0 heterocycles. The molecule has 4 nitrogen and oxygen atoms in total. The summed E-state index contributed by atoms with van der Waals surface area (Å²) in [4.78, 5) is 0. The van der Waals surface area contributed by atoms with E-state index < -0.39 is 0 Å². The molecule has 0 unspecified atom stereocenters. The van der Waals surface area contributed by atoms with Gasteiger partial charge in [0, 0.05) is 24.7 Å². The molecule has 0 spiro atoms. The van der Waals surface area contributed by atoms with Gasteiger partial charge in [0.1, 0.15) is 0 Å². The van der Waals surface area contributed by atoms with E-state index in [0.717, 1.165) is 28.6 Å². The number of hydrogen-bond acceptors (Lipinski definition) is 2. The highest BCUT2D eigenvalue weighted by atomic mass is 32.1. The molecule has 0 amide bonds. The molecule has 0 aliphatic heterocycles. The second-order valence-electron chi connectivity index (χ2n) is 9.54. The van der Waals surface area contributed by atoms with Crippen LogP contribution in [-0.2, 0) is 0 Å². The highest BCUT2D eigenvalue weighted by Gasteiger charge is 2.37. The minimum Gasteiger partial charge on any atom is -0.362 e. The van der Waals surface area contributed by atoms with Gasteiger partial charge in [-0.15, -0.1) is 0 Å². The lowest BCUT2D eigenvalue weighted by Gasteiger charge is -2.27. The van der Waals surface area contributed by atoms with Gasteiger partial charge in [-0.25, -0.2) is 0 Å². The first kappa shape index (κ1) is 18.9. The van der Waals surface area contributed by atoms with Crippen LogP contribution in [0.2, 0.25) is 0 Å². The average Bonchev–Trinajstić information content (AvgIpc) is 3.47. The van der Waals surface area contributed by atoms with Crippen LogP contribution in [0.15, 0.2) is 24.3 Å². The summed E-state index contributed by atoms with van der Waals surface area (Å²) >= 11 is 11.2. The Morgan fingerprint density at radius 1 is 0.714 bits per heavy atom. The Bertz CT molecular complexity index is 690. The second-order valence-corrected chi connectivity index (χ2v) is 10.4. The quantitative estimate of drug-likeness (QED) is 0.408. The van der Waals surface area contributed by atoms with Crippen molar-refractivity contribution in [2.75, 3.05) is 6.54 Å². The Balaban J connectivity index is 1.05. The number of thiocarbonyl (C=S) groups is 2. The summed E-state index contributed by atoms with van der Waals surface area (Å²) in [7, 11) is 0. The van der Waals surface area contributed by atoms with Crippen molar-refractivity contribution < 1.29 is 0 Å². The molecule has 4 bridgehead atoms. The number of rotatable bonds is 5. The minimum atomic E-state index is 0.454. The van der Waals surface area contributed by atoms with E-state index in [1.807, 2.05) is 0 Å². The van der Waals surface area contributed by atoms with E-state index in [0.29, 0.717) is 35.9 Å². The van der Waals surface area contributed by atoms with Crippen molar-refractivity contribution in [1.29, 1.82) is 0 Å². The van der Waals surface area contributed by atoms with Crippen LogP contribution in [0.4, 0.5) is 0 Å². The molecule has 0 aromatic carbocycles. The third-order valence-electron chi connectivity index (χ3n) is 7.69. The molecule has 3 fully saturated rings. The summed E-state index contributed by atoms with van der Waals surface area (Å²) in [5, 5.41) is 15.9. The lowest BCUT2D eigenvalue weighted by molar-refractivity contribution is 0.431. The van der Waals surface area contributed by atoms with Gasteiger partial charge in [0.15, 0.2) is 10.2 Å². The summed E-state index contributed by atoms with van der Waals surface area (Å²) in [6, 6.07) is 1.51. The molecule has 28 heavy (non-hydrogen) atoms. The highest BCUT2D eigenvalue weighted by Crippen LogP contribution is 2.39. The predicted molar refractivity (Wildman–Crippen MR) is 122 cm³/mol. The van der Waals surface area contributed by atoms with Crippen molar-refractivity contribution in [3.8, 4) is 0 Å². The summed E-state index contributed by atoms with van der Waals surface area (Å²) < 4.78 is 0. The molecule has 0 radical (unpaired) electrons. The van der Waals surface area contributed by atoms with Gasteiger partial charge in [0.2, 0.25) is 0 Å². The molecule has 3 saturated carbocycles. The highest BCUT2D eigenvalue weighted by molar-refractivity contribution is 7.80. The SMILES string of the molecule is S=C(N[C@H]1CCC[C@H]1CNC(=S)N[C@@H]1C[C@H]2C=C[C@H]1C2)N[C@H]1C[C@H]2C=C[C@H]1C2. The largest absolute Gasteiger partial charge is 0.362 e. The smallest absolute Gasteiger partial charge is 0.166 e. The monoisotopic (exact) mass is 416 g/mol. The summed E-state index contributed by atoms with van der Waals surface area (Å²) in [5.41, 5.74) is 0. The maximum absolute atomic E-state index is 5.65. The van der Waals surface area contributed by atoms with Gasteiger partial charge < -0.3 is 21.3 Å². The van der Waals surface area contributed by atoms with Crippen LogP contribution in [0.25, 0.3) is 0 Å². The lowest BCUT2D eigenvalue weighted by atomic mass is 10.0. The molecule has 4 N–H and O–H groups in total. The molecule has 152 valence electrons. The second kappa shape index (κ2) is 7.94. The van der Waals surface area contributed by atoms with Crippen molar-refractivity contribution in [2.24, 2.45) is 29.6 Å². The molecule has 0 aromatic heterocycles. The Labute approximate surface area is 179 Å². The standard InChI is InChI=1S/C22H32N4S2/c27-21(25-19-10-13-4-6-15(19)8-13)23-12-17-2-1-3-18(17)24-22(28)26-20-11-14-5-7-16(20)9-14/h4-7,13-20H,1-3,8-12H2,(H2,23,25,27)(H2,24,26,28)/t13-,14-,15-,16-,17-,18-,19+,20-/m0/s1. The molecule has 8 atom stereocenters. The Morgan fingerprint density at radius 3 is 1.89 bits per heavy atom. The molecule has 5 rings (SSSR count). The first-order valence-electron chi connectivity index (χ1n) is 11.1. The number of hydrogen-bond donors (Lipinski definition) is 4. The Kier molecular flexibility index (Phi) is 5.35. The van der Waals surface area contributed by atoms with Crippen molar-refractivity contribution in [3.05, 3.63) is 24.3 Å². The van der Waals surface area contributed by atoms with Crippen molar-refractivity contribution in [3.63, 3.8) is 0 Å². The van der Waals surface area contributed by atoms with Gasteiger partial charge in [0.25, 0.3) is 0 Å². The fourth-order valence-corrected chi connectivity index (χ4v) is 6.72. The molecular weight excluding hydrogens is 384 g/mol. The average molecular weight is 417 g/mol. The van der Waals surface area contributed by atoms with Gasteiger partial charge in [-0.1, -0.05) is 30.7 Å². The van der Waals surface area contributed by atoms with Crippen molar-refractivity contribution in [2.45, 2.75) is 63.1 Å². The van der Waals surface area contributed by atoms with E-state index in [1.165, 1.54) is 44.9 Å². The maximum Gasteiger partial charge on any atom is 0.166 e. The van der Waals surface area contributed by atoms with Crippen molar-refractivity contribution in [1.82, 2.24) is 21.3 Å². The van der Waals surface area contributed by atoms with Crippen LogP contribution < -0.4 is 21.3 Å². The first-order chi connectivity index (χ1) is 13.6. The van der Waals surface area contributed by atoms with Crippen LogP contribution in [0, 0.1) is 29.6 Å². The van der Waals surface area contributed by atoms with E-state index in [2.05, 4.69) is 45.6 Å².